The van der Waals surface area contributed by atoms with Crippen LogP contribution in [-0.2, 0) is 22.6 Å². The van der Waals surface area contributed by atoms with Gasteiger partial charge in [-0.2, -0.15) is 0 Å². The van der Waals surface area contributed by atoms with E-state index in [2.05, 4.69) is 71.7 Å². The number of piperidine rings is 1. The zero-order valence-corrected chi connectivity index (χ0v) is 19.1. The van der Waals surface area contributed by atoms with E-state index in [-0.39, 0.29) is 11.5 Å². The van der Waals surface area contributed by atoms with Gasteiger partial charge < -0.3 is 15.0 Å². The molecule has 3 heterocycles. The molecule has 1 N–H and O–H groups in total. The van der Waals surface area contributed by atoms with Gasteiger partial charge >= 0.3 is 0 Å². The zero-order valence-electron chi connectivity index (χ0n) is 18.3. The molecule has 1 atom stereocenters. The van der Waals surface area contributed by atoms with Crippen LogP contribution in [0.4, 0.5) is 0 Å². The van der Waals surface area contributed by atoms with Gasteiger partial charge in [-0.25, -0.2) is 0 Å². The highest BCUT2D eigenvalue weighted by Crippen LogP contribution is 2.33. The number of likely N-dealkylation sites (N-methyl/N-ethyl adjacent to an activating group) is 1. The van der Waals surface area contributed by atoms with E-state index in [1.165, 1.54) is 16.0 Å². The van der Waals surface area contributed by atoms with Crippen molar-refractivity contribution in [3.05, 3.63) is 57.3 Å². The van der Waals surface area contributed by atoms with Gasteiger partial charge in [0.1, 0.15) is 6.10 Å². The van der Waals surface area contributed by atoms with Crippen LogP contribution in [-0.4, -0.2) is 60.6 Å². The summed E-state index contributed by atoms with van der Waals surface area (Å²) in [5, 5.41) is 5.25. The Morgan fingerprint density at radius 1 is 1.20 bits per heavy atom. The summed E-state index contributed by atoms with van der Waals surface area (Å²) >= 11 is 1.85. The molecule has 0 saturated carbocycles. The van der Waals surface area contributed by atoms with Crippen molar-refractivity contribution in [3.8, 4) is 0 Å². The Balaban J connectivity index is 1.32. The normalized spacial score (nSPS) is 22.3. The summed E-state index contributed by atoms with van der Waals surface area (Å²) in [5.41, 5.74) is 3.52. The van der Waals surface area contributed by atoms with E-state index >= 15 is 0 Å². The van der Waals surface area contributed by atoms with E-state index < -0.39 is 6.10 Å². The van der Waals surface area contributed by atoms with Crippen molar-refractivity contribution in [3.63, 3.8) is 0 Å². The van der Waals surface area contributed by atoms with Crippen LogP contribution in [0.3, 0.4) is 0 Å². The Labute approximate surface area is 184 Å². The van der Waals surface area contributed by atoms with Crippen molar-refractivity contribution in [2.24, 2.45) is 0 Å². The van der Waals surface area contributed by atoms with Crippen LogP contribution in [0.1, 0.15) is 34.4 Å². The lowest BCUT2D eigenvalue weighted by molar-refractivity contribution is -0.182. The highest BCUT2D eigenvalue weighted by molar-refractivity contribution is 7.10. The molecule has 2 saturated heterocycles. The van der Waals surface area contributed by atoms with E-state index in [9.17, 15) is 4.79 Å². The molecule has 6 heteroatoms. The van der Waals surface area contributed by atoms with E-state index in [1.54, 1.807) is 0 Å². The monoisotopic (exact) mass is 427 g/mol. The number of nitrogens with zero attached hydrogens (tertiary/aromatic N) is 2. The second-order valence-electron chi connectivity index (χ2n) is 8.99. The molecule has 0 unspecified atom stereocenters. The maximum atomic E-state index is 12.9. The van der Waals surface area contributed by atoms with Crippen LogP contribution in [0.2, 0.25) is 0 Å². The van der Waals surface area contributed by atoms with Crippen LogP contribution in [0.15, 0.2) is 35.7 Å². The smallest absolute Gasteiger partial charge is 0.250 e. The molecule has 2 fully saturated rings. The molecule has 1 aromatic heterocycles. The third-order valence-electron chi connectivity index (χ3n) is 6.41. The Morgan fingerprint density at radius 3 is 2.60 bits per heavy atom. The molecule has 30 heavy (non-hydrogen) atoms. The van der Waals surface area contributed by atoms with Gasteiger partial charge in [-0.15, -0.1) is 11.3 Å². The highest BCUT2D eigenvalue weighted by Gasteiger charge is 2.44. The third kappa shape index (κ3) is 5.11. The summed E-state index contributed by atoms with van der Waals surface area (Å²) in [6.07, 6.45) is 1.55. The van der Waals surface area contributed by atoms with Crippen LogP contribution < -0.4 is 5.32 Å². The summed E-state index contributed by atoms with van der Waals surface area (Å²) in [6, 6.07) is 10.5. The van der Waals surface area contributed by atoms with Gasteiger partial charge in [0.05, 0.1) is 5.60 Å². The second-order valence-corrected chi connectivity index (χ2v) is 9.99. The van der Waals surface area contributed by atoms with Crippen LogP contribution in [0.25, 0.3) is 0 Å². The number of benzene rings is 1. The Morgan fingerprint density at radius 2 is 1.93 bits per heavy atom. The quantitative estimate of drug-likeness (QED) is 0.795. The summed E-state index contributed by atoms with van der Waals surface area (Å²) in [6.45, 7) is 9.42. The fraction of sp³-hybridized carbons (Fsp3) is 0.542. The molecule has 2 aliphatic heterocycles. The Bertz CT molecular complexity index is 856. The fourth-order valence-electron chi connectivity index (χ4n) is 4.53. The standard InChI is InChI=1S/C24H33N3O2S/c1-18-4-6-20(7-5-18)14-25-23(28)21-15-26(3)17-24(29-21)9-11-27(12-10-24)16-22-19(2)8-13-30-22/h4-8,13,21H,9-12,14-17H2,1-3H3,(H,25,28)/t21-/m1/s1. The van der Waals surface area contributed by atoms with E-state index in [4.69, 9.17) is 4.74 Å². The molecular weight excluding hydrogens is 394 g/mol. The first-order valence-corrected chi connectivity index (χ1v) is 11.8. The molecular formula is C24H33N3O2S. The van der Waals surface area contributed by atoms with Crippen molar-refractivity contribution >= 4 is 17.2 Å². The van der Waals surface area contributed by atoms with Gasteiger partial charge in [0.2, 0.25) is 0 Å². The molecule has 5 nitrogen and oxygen atoms in total. The van der Waals surface area contributed by atoms with Gasteiger partial charge in [-0.1, -0.05) is 29.8 Å². The number of amides is 1. The average Bonchev–Trinajstić information content (AvgIpc) is 3.13. The van der Waals surface area contributed by atoms with Crippen LogP contribution >= 0.6 is 11.3 Å². The Kier molecular flexibility index (Phi) is 6.58. The molecule has 0 aliphatic carbocycles. The van der Waals surface area contributed by atoms with Gasteiger partial charge in [0, 0.05) is 44.1 Å². The molecule has 1 amide bonds. The number of carbonyl (C=O) groups excluding carboxylic acids is 1. The van der Waals surface area contributed by atoms with Crippen molar-refractivity contribution in [1.29, 1.82) is 0 Å². The first-order chi connectivity index (χ1) is 14.4. The maximum Gasteiger partial charge on any atom is 0.250 e. The SMILES string of the molecule is Cc1ccc(CNC(=O)[C@H]2CN(C)CC3(CCN(Cc4sccc4C)CC3)O2)cc1. The molecule has 162 valence electrons. The van der Waals surface area contributed by atoms with Gasteiger partial charge in [0.25, 0.3) is 5.91 Å². The number of hydrogen-bond acceptors (Lipinski definition) is 5. The minimum absolute atomic E-state index is 0.00172. The number of thiophene rings is 1. The predicted octanol–water partition coefficient (Wildman–Crippen LogP) is 3.35. The zero-order chi connectivity index (χ0) is 21.1. The molecule has 0 radical (unpaired) electrons. The van der Waals surface area contributed by atoms with Gasteiger partial charge in [0.15, 0.2) is 0 Å². The summed E-state index contributed by atoms with van der Waals surface area (Å²) in [5.74, 6) is -0.00172. The van der Waals surface area contributed by atoms with Crippen molar-refractivity contribution in [1.82, 2.24) is 15.1 Å². The van der Waals surface area contributed by atoms with Crippen LogP contribution in [0.5, 0.6) is 0 Å². The molecule has 4 rings (SSSR count). The molecule has 1 aromatic carbocycles. The number of aryl methyl sites for hydroxylation is 2. The van der Waals surface area contributed by atoms with E-state index in [0.29, 0.717) is 13.1 Å². The van der Waals surface area contributed by atoms with E-state index in [1.807, 2.05) is 11.3 Å². The third-order valence-corrected chi connectivity index (χ3v) is 7.42. The molecule has 2 aliphatic rings. The summed E-state index contributed by atoms with van der Waals surface area (Å²) in [7, 11) is 2.10. The maximum absolute atomic E-state index is 12.9. The number of hydrogen-bond donors (Lipinski definition) is 1. The number of ether oxygens (including phenoxy) is 1. The minimum Gasteiger partial charge on any atom is -0.359 e. The van der Waals surface area contributed by atoms with Crippen molar-refractivity contribution in [2.75, 3.05) is 33.2 Å². The Hall–Kier alpha value is -1.73. The number of morpholine rings is 1. The molecule has 2 aromatic rings. The highest BCUT2D eigenvalue weighted by atomic mass is 32.1. The lowest BCUT2D eigenvalue weighted by Crippen LogP contribution is -2.61. The first-order valence-electron chi connectivity index (χ1n) is 10.9. The average molecular weight is 428 g/mol. The summed E-state index contributed by atoms with van der Waals surface area (Å²) < 4.78 is 6.48. The number of rotatable bonds is 5. The number of likely N-dealkylation sites (tertiary alicyclic amines) is 1. The lowest BCUT2D eigenvalue weighted by atomic mass is 9.88. The molecule has 0 bridgehead atoms. The largest absolute Gasteiger partial charge is 0.359 e. The minimum atomic E-state index is -0.403. The topological polar surface area (TPSA) is 44.8 Å². The van der Waals surface area contributed by atoms with Gasteiger partial charge in [-0.3, -0.25) is 9.69 Å². The van der Waals surface area contributed by atoms with Gasteiger partial charge in [-0.05, 0) is 56.3 Å². The van der Waals surface area contributed by atoms with Crippen molar-refractivity contribution in [2.45, 2.75) is 51.5 Å². The van der Waals surface area contributed by atoms with E-state index in [0.717, 1.165) is 44.6 Å². The van der Waals surface area contributed by atoms with Crippen LogP contribution in [0, 0.1) is 13.8 Å². The van der Waals surface area contributed by atoms with Crippen molar-refractivity contribution < 1.29 is 9.53 Å². The fourth-order valence-corrected chi connectivity index (χ4v) is 5.47. The summed E-state index contributed by atoms with van der Waals surface area (Å²) in [4.78, 5) is 19.1. The predicted molar refractivity (Wildman–Crippen MR) is 122 cm³/mol. The number of nitrogens with one attached hydrogen (secondary N) is 1. The second kappa shape index (κ2) is 9.18. The molecule has 1 spiro atoms. The number of carbonyl (C=O) groups is 1. The lowest BCUT2D eigenvalue weighted by Gasteiger charge is -2.48. The first kappa shape index (κ1) is 21.5.